The van der Waals surface area contributed by atoms with E-state index in [0.29, 0.717) is 11.2 Å². The summed E-state index contributed by atoms with van der Waals surface area (Å²) in [7, 11) is 1.74. The maximum Gasteiger partial charge on any atom is 0.416 e. The molecule has 0 bridgehead atoms. The third-order valence-corrected chi connectivity index (χ3v) is 4.49. The quantitative estimate of drug-likeness (QED) is 0.420. The summed E-state index contributed by atoms with van der Waals surface area (Å²) in [5.74, 6) is -0.335. The minimum atomic E-state index is -4.43. The van der Waals surface area contributed by atoms with Crippen molar-refractivity contribution in [2.45, 2.75) is 6.18 Å². The van der Waals surface area contributed by atoms with Crippen molar-refractivity contribution in [1.82, 2.24) is 4.98 Å². The van der Waals surface area contributed by atoms with Crippen molar-refractivity contribution in [1.29, 1.82) is 0 Å². The molecule has 0 aliphatic carbocycles. The lowest BCUT2D eigenvalue weighted by atomic mass is 10.0. The summed E-state index contributed by atoms with van der Waals surface area (Å²) in [4.78, 5) is 16.2. The number of aryl methyl sites for hydroxylation is 1. The third kappa shape index (κ3) is 2.54. The lowest BCUT2D eigenvalue weighted by molar-refractivity contribution is -0.672. The Kier molecular flexibility index (Phi) is 3.57. The smallest absolute Gasteiger partial charge is 0.349 e. The zero-order valence-electron chi connectivity index (χ0n) is 13.8. The topological polar surface area (TPSA) is 36.7 Å². The number of pyridine rings is 1. The molecule has 0 fully saturated rings. The Balaban J connectivity index is 1.88. The van der Waals surface area contributed by atoms with Crippen molar-refractivity contribution in [3.63, 3.8) is 0 Å². The number of benzene rings is 2. The van der Waals surface area contributed by atoms with Gasteiger partial charge in [-0.1, -0.05) is 30.3 Å². The van der Waals surface area contributed by atoms with Crippen molar-refractivity contribution >= 4 is 27.6 Å². The second-order valence-corrected chi connectivity index (χ2v) is 6.14. The van der Waals surface area contributed by atoms with Crippen molar-refractivity contribution in [2.75, 3.05) is 0 Å². The van der Waals surface area contributed by atoms with Crippen molar-refractivity contribution in [3.05, 3.63) is 77.6 Å². The fraction of sp³-hybridized carbons (Fsp3) is 0.100. The van der Waals surface area contributed by atoms with E-state index in [4.69, 9.17) is 0 Å². The van der Waals surface area contributed by atoms with Gasteiger partial charge in [0.1, 0.15) is 12.6 Å². The van der Waals surface area contributed by atoms with Crippen LogP contribution in [0.15, 0.2) is 60.8 Å². The van der Waals surface area contributed by atoms with E-state index in [2.05, 4.69) is 4.98 Å². The molecule has 0 aliphatic rings. The summed E-state index contributed by atoms with van der Waals surface area (Å²) in [6.45, 7) is 0. The average Bonchev–Trinajstić information content (AvgIpc) is 2.99. The summed E-state index contributed by atoms with van der Waals surface area (Å²) in [6, 6.07) is 13.9. The standard InChI is InChI=1S/C20H13F3N2O/c1-25-11-10-15-14-4-2-3-5-16(14)24-17(15)18(25)19(26)12-6-8-13(9-7-12)20(21,22)23/h2-11H,1H3/p+1. The number of alkyl halides is 3. The van der Waals surface area contributed by atoms with Crippen LogP contribution in [0.25, 0.3) is 21.8 Å². The molecule has 0 amide bonds. The second-order valence-electron chi connectivity index (χ2n) is 6.14. The fourth-order valence-corrected chi connectivity index (χ4v) is 3.18. The summed E-state index contributed by atoms with van der Waals surface area (Å²) >= 11 is 0. The molecule has 2 aromatic heterocycles. The molecule has 0 saturated heterocycles. The van der Waals surface area contributed by atoms with E-state index in [1.165, 1.54) is 12.1 Å². The van der Waals surface area contributed by atoms with Crippen LogP contribution >= 0.6 is 0 Å². The van der Waals surface area contributed by atoms with E-state index >= 15 is 0 Å². The first-order chi connectivity index (χ1) is 12.4. The molecule has 2 heterocycles. The zero-order valence-corrected chi connectivity index (χ0v) is 13.8. The van der Waals surface area contributed by atoms with Gasteiger partial charge in [0, 0.05) is 27.9 Å². The number of halogens is 3. The number of carbonyl (C=O) groups is 1. The minimum Gasteiger partial charge on any atom is -0.349 e. The van der Waals surface area contributed by atoms with Gasteiger partial charge in [0.05, 0.1) is 5.56 Å². The number of rotatable bonds is 2. The molecular formula is C20H14F3N2O+. The molecule has 4 rings (SSSR count). The summed E-state index contributed by atoms with van der Waals surface area (Å²) in [5, 5.41) is 1.89. The van der Waals surface area contributed by atoms with E-state index in [-0.39, 0.29) is 11.3 Å². The Bertz CT molecular complexity index is 1140. The number of para-hydroxylation sites is 1. The number of carbonyl (C=O) groups excluding carboxylic acids is 1. The predicted octanol–water partition coefficient (Wildman–Crippen LogP) is 4.40. The van der Waals surface area contributed by atoms with Gasteiger partial charge < -0.3 is 4.98 Å². The first kappa shape index (κ1) is 16.3. The number of H-pyrrole nitrogens is 1. The minimum absolute atomic E-state index is 0.208. The molecule has 0 spiro atoms. The van der Waals surface area contributed by atoms with Crippen LogP contribution < -0.4 is 4.57 Å². The number of fused-ring (bicyclic) bond motifs is 3. The molecule has 130 valence electrons. The number of nitrogens with zero attached hydrogens (tertiary/aromatic N) is 1. The van der Waals surface area contributed by atoms with Crippen LogP contribution in [0.3, 0.4) is 0 Å². The van der Waals surface area contributed by atoms with Crippen LogP contribution in [0.4, 0.5) is 13.2 Å². The summed E-state index contributed by atoms with van der Waals surface area (Å²) < 4.78 is 39.9. The maximum absolute atomic E-state index is 13.0. The number of ketones is 1. The number of aromatic amines is 1. The van der Waals surface area contributed by atoms with Gasteiger partial charge >= 0.3 is 6.18 Å². The molecule has 4 aromatic rings. The second kappa shape index (κ2) is 5.69. The van der Waals surface area contributed by atoms with Gasteiger partial charge in [0.25, 0.3) is 11.5 Å². The van der Waals surface area contributed by atoms with Gasteiger partial charge in [-0.25, -0.2) is 0 Å². The molecule has 6 heteroatoms. The van der Waals surface area contributed by atoms with Crippen LogP contribution in [0.1, 0.15) is 21.6 Å². The van der Waals surface area contributed by atoms with Crippen LogP contribution in [-0.2, 0) is 13.2 Å². The average molecular weight is 355 g/mol. The molecule has 3 nitrogen and oxygen atoms in total. The monoisotopic (exact) mass is 355 g/mol. The van der Waals surface area contributed by atoms with Crippen LogP contribution in [-0.4, -0.2) is 10.8 Å². The first-order valence-corrected chi connectivity index (χ1v) is 7.97. The van der Waals surface area contributed by atoms with Crippen LogP contribution in [0.5, 0.6) is 0 Å². The van der Waals surface area contributed by atoms with Gasteiger partial charge in [-0.2, -0.15) is 17.7 Å². The highest BCUT2D eigenvalue weighted by Gasteiger charge is 2.31. The molecule has 0 atom stereocenters. The highest BCUT2D eigenvalue weighted by atomic mass is 19.4. The Morgan fingerprint density at radius 3 is 2.35 bits per heavy atom. The van der Waals surface area contributed by atoms with E-state index < -0.39 is 11.7 Å². The number of nitrogens with one attached hydrogen (secondary N) is 1. The Labute approximate surface area is 146 Å². The lowest BCUT2D eigenvalue weighted by Crippen LogP contribution is -2.36. The molecule has 26 heavy (non-hydrogen) atoms. The van der Waals surface area contributed by atoms with Gasteiger partial charge in [0.2, 0.25) is 0 Å². The summed E-state index contributed by atoms with van der Waals surface area (Å²) in [5.41, 5.74) is 1.40. The Hall–Kier alpha value is -3.15. The zero-order chi connectivity index (χ0) is 18.5. The molecule has 0 radical (unpaired) electrons. The maximum atomic E-state index is 13.0. The molecule has 2 aromatic carbocycles. The van der Waals surface area contributed by atoms with Crippen LogP contribution in [0, 0.1) is 0 Å². The first-order valence-electron chi connectivity index (χ1n) is 7.97. The fourth-order valence-electron chi connectivity index (χ4n) is 3.18. The molecule has 0 unspecified atom stereocenters. The van der Waals surface area contributed by atoms with Crippen molar-refractivity contribution in [3.8, 4) is 0 Å². The SMILES string of the molecule is C[n+]1ccc2c([nH]c3ccccc32)c1C(=O)c1ccc(C(F)(F)F)cc1. The van der Waals surface area contributed by atoms with Gasteiger partial charge in [-0.05, 0) is 18.2 Å². The van der Waals surface area contributed by atoms with Gasteiger partial charge in [0.15, 0.2) is 6.20 Å². The number of hydrogen-bond acceptors (Lipinski definition) is 1. The highest BCUT2D eigenvalue weighted by Crippen LogP contribution is 2.30. The van der Waals surface area contributed by atoms with E-state index in [1.54, 1.807) is 17.8 Å². The highest BCUT2D eigenvalue weighted by molar-refractivity contribution is 6.17. The van der Waals surface area contributed by atoms with Crippen molar-refractivity contribution in [2.24, 2.45) is 7.05 Å². The number of hydrogen-bond donors (Lipinski definition) is 1. The van der Waals surface area contributed by atoms with Gasteiger partial charge in [-0.15, -0.1) is 0 Å². The third-order valence-electron chi connectivity index (χ3n) is 4.49. The molecule has 0 aliphatic heterocycles. The van der Waals surface area contributed by atoms with Gasteiger partial charge in [-0.3, -0.25) is 4.79 Å². The lowest BCUT2D eigenvalue weighted by Gasteiger charge is -2.07. The molecule has 0 saturated carbocycles. The van der Waals surface area contributed by atoms with Crippen molar-refractivity contribution < 1.29 is 22.5 Å². The van der Waals surface area contributed by atoms with E-state index in [9.17, 15) is 18.0 Å². The normalized spacial score (nSPS) is 12.0. The predicted molar refractivity (Wildman–Crippen MR) is 91.9 cm³/mol. The molecule has 1 N–H and O–H groups in total. The Morgan fingerprint density at radius 2 is 1.65 bits per heavy atom. The summed E-state index contributed by atoms with van der Waals surface area (Å²) in [6.07, 6.45) is -2.65. The number of aromatic nitrogens is 2. The van der Waals surface area contributed by atoms with E-state index in [1.807, 2.05) is 30.3 Å². The Morgan fingerprint density at radius 1 is 0.962 bits per heavy atom. The largest absolute Gasteiger partial charge is 0.416 e. The van der Waals surface area contributed by atoms with Crippen LogP contribution in [0.2, 0.25) is 0 Å². The molecular weight excluding hydrogens is 341 g/mol. The van der Waals surface area contributed by atoms with E-state index in [0.717, 1.165) is 28.4 Å².